The number of anilines is 2. The normalized spacial score (nSPS) is 18.9. The molecule has 0 aromatic carbocycles. The molecule has 4 heterocycles. The molecule has 0 bridgehead atoms. The summed E-state index contributed by atoms with van der Waals surface area (Å²) in [6.07, 6.45) is 7.98. The maximum Gasteiger partial charge on any atom is 0.223 e. The summed E-state index contributed by atoms with van der Waals surface area (Å²) in [7, 11) is 0. The van der Waals surface area contributed by atoms with Crippen LogP contribution in [0.2, 0.25) is 0 Å². The van der Waals surface area contributed by atoms with E-state index in [9.17, 15) is 4.79 Å². The van der Waals surface area contributed by atoms with Crippen molar-refractivity contribution in [2.75, 3.05) is 30.7 Å². The Morgan fingerprint density at radius 2 is 2.16 bits per heavy atom. The van der Waals surface area contributed by atoms with Crippen molar-refractivity contribution >= 4 is 39.0 Å². The SMILES string of the molecule is Nc1cc(NCCCNC(=O)C2CC2)c2sc(-c3ccnn3C3CCCCO3)cc2n1. The van der Waals surface area contributed by atoms with Crippen molar-refractivity contribution in [1.82, 2.24) is 20.1 Å². The van der Waals surface area contributed by atoms with Crippen LogP contribution >= 0.6 is 11.3 Å². The number of nitrogens with one attached hydrogen (secondary N) is 2. The van der Waals surface area contributed by atoms with Crippen LogP contribution in [0.15, 0.2) is 24.4 Å². The summed E-state index contributed by atoms with van der Waals surface area (Å²) in [5.74, 6) is 0.937. The highest BCUT2D eigenvalue weighted by atomic mass is 32.1. The van der Waals surface area contributed by atoms with Gasteiger partial charge in [0.15, 0.2) is 6.23 Å². The Bertz CT molecular complexity index is 1070. The van der Waals surface area contributed by atoms with Gasteiger partial charge < -0.3 is 21.1 Å². The molecule has 0 spiro atoms. The number of fused-ring (bicyclic) bond motifs is 1. The summed E-state index contributed by atoms with van der Waals surface area (Å²) < 4.78 is 9.00. The molecular weight excluding hydrogens is 412 g/mol. The van der Waals surface area contributed by atoms with Crippen LogP contribution in [-0.2, 0) is 9.53 Å². The standard InChI is InChI=1S/C22H28N6O2S/c23-19-13-15(24-8-3-9-25-22(29)14-5-6-14)21-16(27-19)12-18(31-21)17-7-10-26-28(17)20-4-1-2-11-30-20/h7,10,12-14,20H,1-6,8-9,11H2,(H,25,29)(H3,23,24,27). The van der Waals surface area contributed by atoms with Gasteiger partial charge in [0.2, 0.25) is 5.91 Å². The van der Waals surface area contributed by atoms with Gasteiger partial charge in [-0.05, 0) is 50.7 Å². The van der Waals surface area contributed by atoms with Crippen LogP contribution in [0.25, 0.3) is 20.8 Å². The van der Waals surface area contributed by atoms with Crippen molar-refractivity contribution in [3.05, 3.63) is 24.4 Å². The van der Waals surface area contributed by atoms with Crippen molar-refractivity contribution in [2.45, 2.75) is 44.8 Å². The van der Waals surface area contributed by atoms with Crippen LogP contribution < -0.4 is 16.4 Å². The van der Waals surface area contributed by atoms with Crippen LogP contribution in [0, 0.1) is 5.92 Å². The summed E-state index contributed by atoms with van der Waals surface area (Å²) in [4.78, 5) is 17.4. The molecule has 164 valence electrons. The lowest BCUT2D eigenvalue weighted by molar-refractivity contribution is -0.122. The minimum atomic E-state index is -0.00886. The van der Waals surface area contributed by atoms with E-state index in [0.717, 1.165) is 78.2 Å². The molecule has 3 aromatic heterocycles. The number of carbonyl (C=O) groups is 1. The Hall–Kier alpha value is -2.65. The van der Waals surface area contributed by atoms with Gasteiger partial charge >= 0.3 is 0 Å². The Balaban J connectivity index is 1.31. The Kier molecular flexibility index (Phi) is 5.78. The molecular formula is C22H28N6O2S. The minimum absolute atomic E-state index is 0.00886. The summed E-state index contributed by atoms with van der Waals surface area (Å²) in [6, 6.07) is 5.99. The molecule has 1 saturated heterocycles. The predicted octanol–water partition coefficient (Wildman–Crippen LogP) is 3.77. The maximum absolute atomic E-state index is 11.7. The topological polar surface area (TPSA) is 107 Å². The van der Waals surface area contributed by atoms with Gasteiger partial charge in [-0.2, -0.15) is 5.10 Å². The molecule has 1 saturated carbocycles. The van der Waals surface area contributed by atoms with Crippen LogP contribution in [0.1, 0.15) is 44.8 Å². The Labute approximate surface area is 185 Å². The van der Waals surface area contributed by atoms with E-state index in [1.165, 1.54) is 0 Å². The fraction of sp³-hybridized carbons (Fsp3) is 0.500. The highest BCUT2D eigenvalue weighted by Crippen LogP contribution is 2.39. The largest absolute Gasteiger partial charge is 0.384 e. The zero-order valence-electron chi connectivity index (χ0n) is 17.5. The highest BCUT2D eigenvalue weighted by molar-refractivity contribution is 7.22. The molecule has 5 rings (SSSR count). The molecule has 1 aliphatic heterocycles. The van der Waals surface area contributed by atoms with Gasteiger partial charge in [-0.25, -0.2) is 9.67 Å². The Morgan fingerprint density at radius 3 is 2.97 bits per heavy atom. The van der Waals surface area contributed by atoms with Crippen LogP contribution in [0.3, 0.4) is 0 Å². The van der Waals surface area contributed by atoms with E-state index in [-0.39, 0.29) is 18.1 Å². The number of ether oxygens (including phenoxy) is 1. The van der Waals surface area contributed by atoms with E-state index in [0.29, 0.717) is 12.4 Å². The summed E-state index contributed by atoms with van der Waals surface area (Å²) >= 11 is 1.68. The van der Waals surface area contributed by atoms with Gasteiger partial charge in [0.05, 0.1) is 26.5 Å². The fourth-order valence-electron chi connectivity index (χ4n) is 3.97. The summed E-state index contributed by atoms with van der Waals surface area (Å²) in [5.41, 5.74) is 8.97. The first-order chi connectivity index (χ1) is 15.2. The minimum Gasteiger partial charge on any atom is -0.384 e. The third kappa shape index (κ3) is 4.52. The average Bonchev–Trinajstić information content (AvgIpc) is 3.36. The number of nitrogen functional groups attached to an aromatic ring is 1. The number of thiophene rings is 1. The first-order valence-corrected chi connectivity index (χ1v) is 11.9. The number of hydrogen-bond acceptors (Lipinski definition) is 7. The molecule has 3 aromatic rings. The van der Waals surface area contributed by atoms with Gasteiger partial charge in [0.1, 0.15) is 5.82 Å². The maximum atomic E-state index is 11.7. The second-order valence-electron chi connectivity index (χ2n) is 8.25. The second kappa shape index (κ2) is 8.84. The monoisotopic (exact) mass is 440 g/mol. The zero-order chi connectivity index (χ0) is 21.2. The quantitative estimate of drug-likeness (QED) is 0.460. The summed E-state index contributed by atoms with van der Waals surface area (Å²) in [6.45, 7) is 2.22. The molecule has 1 amide bonds. The van der Waals surface area contributed by atoms with Crippen LogP contribution in [0.4, 0.5) is 11.5 Å². The molecule has 1 unspecified atom stereocenters. The molecule has 1 aliphatic carbocycles. The molecule has 4 N–H and O–H groups in total. The number of amides is 1. The van der Waals surface area contributed by atoms with E-state index < -0.39 is 0 Å². The average molecular weight is 441 g/mol. The smallest absolute Gasteiger partial charge is 0.223 e. The van der Waals surface area contributed by atoms with Gasteiger partial charge in [-0.3, -0.25) is 4.79 Å². The summed E-state index contributed by atoms with van der Waals surface area (Å²) in [5, 5.41) is 11.0. The van der Waals surface area contributed by atoms with Gasteiger partial charge in [0, 0.05) is 37.9 Å². The lowest BCUT2D eigenvalue weighted by Crippen LogP contribution is -2.27. The van der Waals surface area contributed by atoms with Gasteiger partial charge in [-0.1, -0.05) is 0 Å². The molecule has 9 heteroatoms. The first kappa shape index (κ1) is 20.3. The fourth-order valence-corrected chi connectivity index (χ4v) is 5.07. The van der Waals surface area contributed by atoms with E-state index >= 15 is 0 Å². The van der Waals surface area contributed by atoms with E-state index in [1.807, 2.05) is 23.0 Å². The number of hydrogen-bond donors (Lipinski definition) is 3. The van der Waals surface area contributed by atoms with Crippen molar-refractivity contribution in [2.24, 2.45) is 5.92 Å². The second-order valence-corrected chi connectivity index (χ2v) is 9.30. The number of rotatable bonds is 8. The third-order valence-electron chi connectivity index (χ3n) is 5.77. The lowest BCUT2D eigenvalue weighted by atomic mass is 10.2. The molecule has 0 radical (unpaired) electrons. The number of nitrogens with zero attached hydrogens (tertiary/aromatic N) is 3. The molecule has 2 fully saturated rings. The molecule has 2 aliphatic rings. The van der Waals surface area contributed by atoms with E-state index in [2.05, 4.69) is 26.8 Å². The van der Waals surface area contributed by atoms with Crippen molar-refractivity contribution in [1.29, 1.82) is 0 Å². The van der Waals surface area contributed by atoms with E-state index in [1.54, 1.807) is 11.3 Å². The third-order valence-corrected chi connectivity index (χ3v) is 6.95. The highest BCUT2D eigenvalue weighted by Gasteiger charge is 2.29. The van der Waals surface area contributed by atoms with Crippen molar-refractivity contribution < 1.29 is 9.53 Å². The van der Waals surface area contributed by atoms with Crippen LogP contribution in [-0.4, -0.2) is 40.4 Å². The van der Waals surface area contributed by atoms with E-state index in [4.69, 9.17) is 10.5 Å². The zero-order valence-corrected chi connectivity index (χ0v) is 18.3. The number of carbonyl (C=O) groups excluding carboxylic acids is 1. The molecule has 8 nitrogen and oxygen atoms in total. The molecule has 1 atom stereocenters. The lowest BCUT2D eigenvalue weighted by Gasteiger charge is -2.24. The Morgan fingerprint density at radius 1 is 1.26 bits per heavy atom. The number of pyridine rings is 1. The van der Waals surface area contributed by atoms with Crippen LogP contribution in [0.5, 0.6) is 0 Å². The number of aromatic nitrogens is 3. The van der Waals surface area contributed by atoms with Gasteiger partial charge in [-0.15, -0.1) is 11.3 Å². The van der Waals surface area contributed by atoms with Gasteiger partial charge in [0.25, 0.3) is 0 Å². The first-order valence-electron chi connectivity index (χ1n) is 11.1. The predicted molar refractivity (Wildman–Crippen MR) is 123 cm³/mol. The number of nitrogens with two attached hydrogens (primary N) is 1. The van der Waals surface area contributed by atoms with Crippen molar-refractivity contribution in [3.8, 4) is 10.6 Å². The molecule has 31 heavy (non-hydrogen) atoms. The van der Waals surface area contributed by atoms with Crippen molar-refractivity contribution in [3.63, 3.8) is 0 Å².